The van der Waals surface area contributed by atoms with Crippen molar-refractivity contribution in [3.63, 3.8) is 0 Å². The van der Waals surface area contributed by atoms with Crippen molar-refractivity contribution in [3.05, 3.63) is 59.2 Å². The molecule has 0 saturated carbocycles. The molecule has 2 atom stereocenters. The normalized spacial score (nSPS) is 19.6. The van der Waals surface area contributed by atoms with E-state index in [1.54, 1.807) is 12.1 Å². The van der Waals surface area contributed by atoms with Crippen LogP contribution >= 0.6 is 0 Å². The fraction of sp³-hybridized carbons (Fsp3) is 0.364. The molecule has 1 fully saturated rings. The minimum atomic E-state index is -4.45. The Balaban J connectivity index is 1.31. The van der Waals surface area contributed by atoms with Crippen LogP contribution in [0.4, 0.5) is 13.2 Å². The monoisotopic (exact) mass is 449 g/mol. The molecule has 0 aliphatic carbocycles. The van der Waals surface area contributed by atoms with Crippen LogP contribution in [0.2, 0.25) is 0 Å². The third-order valence-electron chi connectivity index (χ3n) is 5.51. The largest absolute Gasteiger partial charge is 0.454 e. The van der Waals surface area contributed by atoms with Crippen molar-refractivity contribution in [2.75, 3.05) is 19.9 Å². The molecule has 1 saturated heterocycles. The van der Waals surface area contributed by atoms with E-state index in [1.165, 1.54) is 12.1 Å². The molecule has 10 heteroatoms. The summed E-state index contributed by atoms with van der Waals surface area (Å²) in [4.78, 5) is 25.3. The molecule has 0 radical (unpaired) electrons. The summed E-state index contributed by atoms with van der Waals surface area (Å²) in [6.45, 7) is 1.04. The highest BCUT2D eigenvalue weighted by Crippen LogP contribution is 2.32. The molecular formula is C22H22F3N3O4. The number of fused-ring (bicyclic) bond motifs is 1. The Morgan fingerprint density at radius 1 is 0.906 bits per heavy atom. The second-order valence-corrected chi connectivity index (χ2v) is 7.69. The SMILES string of the molecule is O=C(NCc1cccc(C(F)(F)F)c1)C1CNCC1C(=O)NCc1ccc2c(c1)OCO2. The van der Waals surface area contributed by atoms with Crippen LogP contribution < -0.4 is 25.4 Å². The zero-order valence-electron chi connectivity index (χ0n) is 17.0. The molecule has 2 aromatic rings. The van der Waals surface area contributed by atoms with Gasteiger partial charge < -0.3 is 25.4 Å². The summed E-state index contributed by atoms with van der Waals surface area (Å²) in [6.07, 6.45) is -4.45. The van der Waals surface area contributed by atoms with E-state index in [0.717, 1.165) is 17.7 Å². The first-order chi connectivity index (χ1) is 15.3. The highest BCUT2D eigenvalue weighted by atomic mass is 19.4. The first-order valence-electron chi connectivity index (χ1n) is 10.1. The summed E-state index contributed by atoms with van der Waals surface area (Å²) in [6, 6.07) is 10.2. The number of hydrogen-bond donors (Lipinski definition) is 3. The number of rotatable bonds is 6. The van der Waals surface area contributed by atoms with Crippen molar-refractivity contribution in [1.29, 1.82) is 0 Å². The predicted molar refractivity (Wildman–Crippen MR) is 108 cm³/mol. The van der Waals surface area contributed by atoms with E-state index >= 15 is 0 Å². The Labute approximate surface area is 182 Å². The highest BCUT2D eigenvalue weighted by molar-refractivity contribution is 5.88. The van der Waals surface area contributed by atoms with Gasteiger partial charge >= 0.3 is 6.18 Å². The lowest BCUT2D eigenvalue weighted by Crippen LogP contribution is -2.41. The van der Waals surface area contributed by atoms with Gasteiger partial charge in [0.2, 0.25) is 18.6 Å². The van der Waals surface area contributed by atoms with Crippen LogP contribution in [0, 0.1) is 11.8 Å². The van der Waals surface area contributed by atoms with Crippen molar-refractivity contribution in [3.8, 4) is 11.5 Å². The Morgan fingerprint density at radius 3 is 2.19 bits per heavy atom. The lowest BCUT2D eigenvalue weighted by Gasteiger charge is -2.18. The summed E-state index contributed by atoms with van der Waals surface area (Å²) in [5.41, 5.74) is 0.398. The lowest BCUT2D eigenvalue weighted by atomic mass is 9.94. The van der Waals surface area contributed by atoms with Crippen LogP contribution in [0.5, 0.6) is 11.5 Å². The third-order valence-corrected chi connectivity index (χ3v) is 5.51. The van der Waals surface area contributed by atoms with Gasteiger partial charge in [0.05, 0.1) is 17.4 Å². The number of carbonyl (C=O) groups is 2. The van der Waals surface area contributed by atoms with Gasteiger partial charge in [0.1, 0.15) is 0 Å². The number of halogens is 3. The average Bonchev–Trinajstić information content (AvgIpc) is 3.44. The van der Waals surface area contributed by atoms with Crippen LogP contribution in [-0.2, 0) is 28.9 Å². The Hall–Kier alpha value is -3.27. The molecule has 2 aromatic carbocycles. The maximum absolute atomic E-state index is 12.9. The van der Waals surface area contributed by atoms with Crippen molar-refractivity contribution < 1.29 is 32.2 Å². The number of nitrogens with one attached hydrogen (secondary N) is 3. The van der Waals surface area contributed by atoms with Gasteiger partial charge in [-0.25, -0.2) is 0 Å². The molecule has 3 N–H and O–H groups in total. The minimum absolute atomic E-state index is 0.0508. The lowest BCUT2D eigenvalue weighted by molar-refractivity contribution is -0.137. The molecule has 2 amide bonds. The van der Waals surface area contributed by atoms with Gasteiger partial charge in [-0.2, -0.15) is 13.2 Å². The van der Waals surface area contributed by atoms with Gasteiger partial charge in [-0.3, -0.25) is 9.59 Å². The van der Waals surface area contributed by atoms with Crippen LogP contribution in [0.25, 0.3) is 0 Å². The van der Waals surface area contributed by atoms with Gasteiger partial charge in [-0.1, -0.05) is 18.2 Å². The zero-order valence-corrected chi connectivity index (χ0v) is 17.0. The maximum atomic E-state index is 12.9. The molecule has 2 heterocycles. The molecule has 0 bridgehead atoms. The summed E-state index contributed by atoms with van der Waals surface area (Å²) in [7, 11) is 0. The van der Waals surface area contributed by atoms with Gasteiger partial charge in [0.15, 0.2) is 11.5 Å². The van der Waals surface area contributed by atoms with Gasteiger partial charge in [0, 0.05) is 26.2 Å². The van der Waals surface area contributed by atoms with E-state index in [2.05, 4.69) is 16.0 Å². The van der Waals surface area contributed by atoms with Crippen molar-refractivity contribution in [2.24, 2.45) is 11.8 Å². The summed E-state index contributed by atoms with van der Waals surface area (Å²) >= 11 is 0. The summed E-state index contributed by atoms with van der Waals surface area (Å²) < 4.78 is 49.2. The van der Waals surface area contributed by atoms with E-state index in [-0.39, 0.29) is 31.7 Å². The van der Waals surface area contributed by atoms with Gasteiger partial charge in [-0.15, -0.1) is 0 Å². The number of ether oxygens (including phenoxy) is 2. The van der Waals surface area contributed by atoms with E-state index < -0.39 is 23.6 Å². The van der Waals surface area contributed by atoms with Crippen LogP contribution in [0.3, 0.4) is 0 Å². The van der Waals surface area contributed by atoms with Crippen molar-refractivity contribution in [2.45, 2.75) is 19.3 Å². The Bertz CT molecular complexity index is 1010. The molecule has 0 spiro atoms. The molecule has 2 aliphatic heterocycles. The molecular weight excluding hydrogens is 427 g/mol. The fourth-order valence-electron chi connectivity index (χ4n) is 3.78. The quantitative estimate of drug-likeness (QED) is 0.630. The molecule has 0 aromatic heterocycles. The first kappa shape index (κ1) is 21.9. The van der Waals surface area contributed by atoms with Gasteiger partial charge in [0.25, 0.3) is 0 Å². The van der Waals surface area contributed by atoms with Crippen molar-refractivity contribution >= 4 is 11.8 Å². The molecule has 4 rings (SSSR count). The van der Waals surface area contributed by atoms with Crippen molar-refractivity contribution in [1.82, 2.24) is 16.0 Å². The van der Waals surface area contributed by atoms with E-state index in [0.29, 0.717) is 30.2 Å². The smallest absolute Gasteiger partial charge is 0.416 e. The minimum Gasteiger partial charge on any atom is -0.454 e. The van der Waals surface area contributed by atoms with Crippen LogP contribution in [0.1, 0.15) is 16.7 Å². The number of carbonyl (C=O) groups excluding carboxylic acids is 2. The molecule has 7 nitrogen and oxygen atoms in total. The summed E-state index contributed by atoms with van der Waals surface area (Å²) in [5.74, 6) is -0.575. The summed E-state index contributed by atoms with van der Waals surface area (Å²) in [5, 5.41) is 8.52. The Kier molecular flexibility index (Phi) is 6.22. The molecule has 170 valence electrons. The number of benzene rings is 2. The second-order valence-electron chi connectivity index (χ2n) is 7.69. The average molecular weight is 449 g/mol. The molecule has 2 aliphatic rings. The first-order valence-corrected chi connectivity index (χ1v) is 10.1. The van der Waals surface area contributed by atoms with E-state index in [4.69, 9.17) is 9.47 Å². The fourth-order valence-corrected chi connectivity index (χ4v) is 3.78. The highest BCUT2D eigenvalue weighted by Gasteiger charge is 2.37. The number of amides is 2. The standard InChI is InChI=1S/C22H22F3N3O4/c23-22(24,25)15-3-1-2-13(6-15)8-27-20(29)16-10-26-11-17(16)21(30)28-9-14-4-5-18-19(7-14)32-12-31-18/h1-7,16-17,26H,8-12H2,(H,27,29)(H,28,30). The van der Waals surface area contributed by atoms with Gasteiger partial charge in [-0.05, 0) is 35.4 Å². The molecule has 32 heavy (non-hydrogen) atoms. The number of alkyl halides is 3. The van der Waals surface area contributed by atoms with Crippen LogP contribution in [0.15, 0.2) is 42.5 Å². The second kappa shape index (κ2) is 9.07. The topological polar surface area (TPSA) is 88.7 Å². The number of hydrogen-bond acceptors (Lipinski definition) is 5. The van der Waals surface area contributed by atoms with Crippen LogP contribution in [-0.4, -0.2) is 31.7 Å². The molecule has 2 unspecified atom stereocenters. The predicted octanol–water partition coefficient (Wildman–Crippen LogP) is 2.20. The van der Waals surface area contributed by atoms with E-state index in [1.807, 2.05) is 6.07 Å². The maximum Gasteiger partial charge on any atom is 0.416 e. The third kappa shape index (κ3) is 4.96. The van der Waals surface area contributed by atoms with E-state index in [9.17, 15) is 22.8 Å². The zero-order chi connectivity index (χ0) is 22.7. The Morgan fingerprint density at radius 2 is 1.53 bits per heavy atom.